The summed E-state index contributed by atoms with van der Waals surface area (Å²) in [5.74, 6) is 0. The first kappa shape index (κ1) is 39.4. The number of nitrogens with zero attached hydrogens (tertiary/aromatic N) is 1. The SMILES string of the molecule is c1ccc(-c2c(-c3ccccc3)c3cc(-c4cccc(N(c5cccc(-c6cccc7ccccc67)c5)c5cccc(-c6cccc7c6oc6ccccc67)c5)c4)ccc3c3ccccc23)cc1. The highest BCUT2D eigenvalue weighted by molar-refractivity contribution is 6.22. The maximum Gasteiger partial charge on any atom is 0.143 e. The number of anilines is 3. The van der Waals surface area contributed by atoms with Crippen LogP contribution >= 0.6 is 0 Å². The minimum absolute atomic E-state index is 0.892. The van der Waals surface area contributed by atoms with E-state index >= 15 is 0 Å². The molecule has 0 saturated heterocycles. The van der Waals surface area contributed by atoms with Crippen molar-refractivity contribution in [3.8, 4) is 55.6 Å². The molecular formula is C66H43NO. The van der Waals surface area contributed by atoms with Crippen LogP contribution in [0.2, 0.25) is 0 Å². The van der Waals surface area contributed by atoms with E-state index in [1.165, 1.54) is 60.1 Å². The molecule has 0 spiro atoms. The maximum atomic E-state index is 6.58. The molecule has 12 aromatic carbocycles. The zero-order valence-electron chi connectivity index (χ0n) is 37.2. The first-order valence-corrected chi connectivity index (χ1v) is 23.3. The van der Waals surface area contributed by atoms with Crippen LogP contribution in [0.1, 0.15) is 0 Å². The molecule has 0 fully saturated rings. The number of fused-ring (bicyclic) bond motifs is 7. The van der Waals surface area contributed by atoms with Crippen molar-refractivity contribution in [1.29, 1.82) is 0 Å². The number of rotatable bonds is 8. The summed E-state index contributed by atoms with van der Waals surface area (Å²) in [5, 5.41) is 9.66. The molecule has 318 valence electrons. The molecule has 0 atom stereocenters. The number of hydrogen-bond acceptors (Lipinski definition) is 2. The van der Waals surface area contributed by atoms with Crippen LogP contribution in [0.3, 0.4) is 0 Å². The third kappa shape index (κ3) is 6.73. The molecule has 2 nitrogen and oxygen atoms in total. The smallest absolute Gasteiger partial charge is 0.143 e. The predicted octanol–water partition coefficient (Wildman–Crippen LogP) is 18.9. The molecule has 0 amide bonds. The van der Waals surface area contributed by atoms with E-state index in [0.717, 1.165) is 66.8 Å². The van der Waals surface area contributed by atoms with Gasteiger partial charge in [-0.25, -0.2) is 0 Å². The highest BCUT2D eigenvalue weighted by Crippen LogP contribution is 2.47. The molecule has 68 heavy (non-hydrogen) atoms. The minimum atomic E-state index is 0.892. The van der Waals surface area contributed by atoms with Gasteiger partial charge in [-0.05, 0) is 131 Å². The summed E-state index contributed by atoms with van der Waals surface area (Å²) in [5.41, 5.74) is 16.7. The van der Waals surface area contributed by atoms with Crippen LogP contribution in [-0.2, 0) is 0 Å². The van der Waals surface area contributed by atoms with Crippen LogP contribution in [-0.4, -0.2) is 0 Å². The monoisotopic (exact) mass is 865 g/mol. The van der Waals surface area contributed by atoms with E-state index in [-0.39, 0.29) is 0 Å². The van der Waals surface area contributed by atoms with Gasteiger partial charge in [0, 0.05) is 33.4 Å². The largest absolute Gasteiger partial charge is 0.455 e. The second-order valence-electron chi connectivity index (χ2n) is 17.6. The Bertz CT molecular complexity index is 4030. The maximum absolute atomic E-state index is 6.58. The molecule has 13 rings (SSSR count). The van der Waals surface area contributed by atoms with Gasteiger partial charge in [-0.15, -0.1) is 0 Å². The lowest BCUT2D eigenvalue weighted by Gasteiger charge is -2.27. The van der Waals surface area contributed by atoms with Gasteiger partial charge in [-0.3, -0.25) is 0 Å². The summed E-state index contributed by atoms with van der Waals surface area (Å²) < 4.78 is 6.58. The van der Waals surface area contributed by atoms with E-state index in [1.807, 2.05) is 6.07 Å². The van der Waals surface area contributed by atoms with E-state index < -0.39 is 0 Å². The molecule has 1 aromatic heterocycles. The van der Waals surface area contributed by atoms with Gasteiger partial charge in [0.2, 0.25) is 0 Å². The van der Waals surface area contributed by atoms with Crippen molar-refractivity contribution in [2.75, 3.05) is 4.90 Å². The summed E-state index contributed by atoms with van der Waals surface area (Å²) in [6, 6.07) is 94.5. The standard InChI is InChI=1S/C66H43NO/c1-3-19-45(20-4-1)64-60-33-10-9-31-57(60)58-39-38-48(43-62(58)65(64)46-21-5-2-6-22-46)47-24-13-27-51(40-47)67(52-28-14-25-49(41-52)55-34-16-23-44-18-7-8-30-54(44)55)53-29-15-26-50(42-53)56-35-17-36-61-59-32-11-12-37-63(59)68-66(56)61/h1-43H. The van der Waals surface area contributed by atoms with Gasteiger partial charge < -0.3 is 9.32 Å². The van der Waals surface area contributed by atoms with Gasteiger partial charge in [0.25, 0.3) is 0 Å². The predicted molar refractivity (Wildman–Crippen MR) is 288 cm³/mol. The number of furan rings is 1. The summed E-state index contributed by atoms with van der Waals surface area (Å²) in [6.07, 6.45) is 0. The third-order valence-electron chi connectivity index (χ3n) is 13.6. The van der Waals surface area contributed by atoms with Gasteiger partial charge >= 0.3 is 0 Å². The number of para-hydroxylation sites is 2. The summed E-state index contributed by atoms with van der Waals surface area (Å²) >= 11 is 0. The van der Waals surface area contributed by atoms with Crippen molar-refractivity contribution >= 4 is 71.3 Å². The van der Waals surface area contributed by atoms with E-state index in [0.29, 0.717) is 0 Å². The second kappa shape index (κ2) is 16.5. The van der Waals surface area contributed by atoms with Crippen LogP contribution in [0.4, 0.5) is 17.1 Å². The van der Waals surface area contributed by atoms with Gasteiger partial charge in [0.15, 0.2) is 0 Å². The Balaban J connectivity index is 1.01. The molecule has 2 heteroatoms. The van der Waals surface area contributed by atoms with Crippen LogP contribution in [0.15, 0.2) is 265 Å². The van der Waals surface area contributed by atoms with Crippen LogP contribution in [0.5, 0.6) is 0 Å². The third-order valence-corrected chi connectivity index (χ3v) is 13.6. The van der Waals surface area contributed by atoms with E-state index in [1.54, 1.807) is 0 Å². The molecule has 13 aromatic rings. The molecule has 1 heterocycles. The highest BCUT2D eigenvalue weighted by atomic mass is 16.3. The molecule has 0 bridgehead atoms. The number of hydrogen-bond donors (Lipinski definition) is 0. The van der Waals surface area contributed by atoms with Gasteiger partial charge in [0.05, 0.1) is 0 Å². The molecule has 0 aliphatic heterocycles. The lowest BCUT2D eigenvalue weighted by molar-refractivity contribution is 0.670. The molecule has 0 aliphatic rings. The van der Waals surface area contributed by atoms with Gasteiger partial charge in [-0.1, -0.05) is 212 Å². The van der Waals surface area contributed by atoms with Gasteiger partial charge in [-0.2, -0.15) is 0 Å². The van der Waals surface area contributed by atoms with Crippen molar-refractivity contribution < 1.29 is 4.42 Å². The molecular weight excluding hydrogens is 823 g/mol. The van der Waals surface area contributed by atoms with E-state index in [4.69, 9.17) is 4.42 Å². The Kier molecular flexibility index (Phi) is 9.54. The van der Waals surface area contributed by atoms with Crippen molar-refractivity contribution in [1.82, 2.24) is 0 Å². The Labute approximate surface area is 395 Å². The van der Waals surface area contributed by atoms with Crippen molar-refractivity contribution in [2.24, 2.45) is 0 Å². The average Bonchev–Trinajstić information content (AvgIpc) is 3.80. The van der Waals surface area contributed by atoms with Crippen molar-refractivity contribution in [2.45, 2.75) is 0 Å². The second-order valence-corrected chi connectivity index (χ2v) is 17.6. The quantitative estimate of drug-likeness (QED) is 0.142. The summed E-state index contributed by atoms with van der Waals surface area (Å²) in [6.45, 7) is 0. The Hall–Kier alpha value is -8.98. The highest BCUT2D eigenvalue weighted by Gasteiger charge is 2.21. The van der Waals surface area contributed by atoms with Gasteiger partial charge in [0.1, 0.15) is 11.2 Å². The average molecular weight is 866 g/mol. The molecule has 0 aliphatic carbocycles. The first-order chi connectivity index (χ1) is 33.7. The molecule has 0 unspecified atom stereocenters. The summed E-state index contributed by atoms with van der Waals surface area (Å²) in [7, 11) is 0. The lowest BCUT2D eigenvalue weighted by atomic mass is 9.84. The Morgan fingerprint density at radius 1 is 0.250 bits per heavy atom. The number of benzene rings is 12. The Morgan fingerprint density at radius 2 is 0.706 bits per heavy atom. The molecule has 0 radical (unpaired) electrons. The fraction of sp³-hybridized carbons (Fsp3) is 0. The molecule has 0 N–H and O–H groups in total. The van der Waals surface area contributed by atoms with Crippen LogP contribution in [0.25, 0.3) is 110 Å². The van der Waals surface area contributed by atoms with Crippen LogP contribution < -0.4 is 4.90 Å². The zero-order chi connectivity index (χ0) is 45.0. The fourth-order valence-corrected chi connectivity index (χ4v) is 10.5. The van der Waals surface area contributed by atoms with Crippen LogP contribution in [0, 0.1) is 0 Å². The first-order valence-electron chi connectivity index (χ1n) is 23.3. The normalized spacial score (nSPS) is 11.5. The van der Waals surface area contributed by atoms with Crippen molar-refractivity contribution in [3.05, 3.63) is 261 Å². The van der Waals surface area contributed by atoms with E-state index in [2.05, 4.69) is 260 Å². The Morgan fingerprint density at radius 3 is 1.43 bits per heavy atom. The summed E-state index contributed by atoms with van der Waals surface area (Å²) in [4.78, 5) is 2.40. The topological polar surface area (TPSA) is 16.4 Å². The fourth-order valence-electron chi connectivity index (χ4n) is 10.5. The van der Waals surface area contributed by atoms with Crippen molar-refractivity contribution in [3.63, 3.8) is 0 Å². The zero-order valence-corrected chi connectivity index (χ0v) is 37.2. The molecule has 0 saturated carbocycles. The minimum Gasteiger partial charge on any atom is -0.455 e. The lowest BCUT2D eigenvalue weighted by Crippen LogP contribution is -2.10. The van der Waals surface area contributed by atoms with E-state index in [9.17, 15) is 0 Å².